The summed E-state index contributed by atoms with van der Waals surface area (Å²) in [6, 6.07) is 14.7. The third-order valence-corrected chi connectivity index (χ3v) is 5.22. The van der Waals surface area contributed by atoms with Gasteiger partial charge in [0.2, 0.25) is 0 Å². The number of benzene rings is 2. The predicted octanol–water partition coefficient (Wildman–Crippen LogP) is 3.47. The van der Waals surface area contributed by atoms with E-state index in [1.165, 1.54) is 6.26 Å². The summed E-state index contributed by atoms with van der Waals surface area (Å²) in [5.41, 5.74) is 2.54. The summed E-state index contributed by atoms with van der Waals surface area (Å²) in [6.07, 6.45) is 1.89. The van der Waals surface area contributed by atoms with Crippen LogP contribution in [0.2, 0.25) is 0 Å². The van der Waals surface area contributed by atoms with Crippen LogP contribution < -0.4 is 5.30 Å². The average Bonchev–Trinajstić information content (AvgIpc) is 2.99. The van der Waals surface area contributed by atoms with Crippen molar-refractivity contribution in [1.82, 2.24) is 4.98 Å². The standard InChI is InChI=1S/C18H18NO3PS/c1-3-16-19-17(12-4-8-14(23)9-5-12)18(22-16)13-6-10-15(11-7-13)24(2,20)21/h4-11H,3,23H2,1-2H3. The smallest absolute Gasteiger partial charge is 0.195 e. The molecule has 1 heterocycles. The largest absolute Gasteiger partial charge is 0.440 e. The normalized spacial score (nSPS) is 11.6. The fourth-order valence-electron chi connectivity index (χ4n) is 2.40. The van der Waals surface area contributed by atoms with E-state index >= 15 is 0 Å². The van der Waals surface area contributed by atoms with Crippen LogP contribution in [-0.4, -0.2) is 19.7 Å². The Morgan fingerprint density at radius 2 is 1.58 bits per heavy atom. The molecule has 3 aromatic rings. The highest BCUT2D eigenvalue weighted by molar-refractivity contribution is 7.90. The van der Waals surface area contributed by atoms with Crippen LogP contribution in [0.4, 0.5) is 0 Å². The summed E-state index contributed by atoms with van der Waals surface area (Å²) in [4.78, 5) is 4.87. The molecule has 0 fully saturated rings. The first-order valence-corrected chi connectivity index (χ1v) is 10.0. The average molecular weight is 359 g/mol. The molecule has 0 amide bonds. The summed E-state index contributed by atoms with van der Waals surface area (Å²) in [7, 11) is -0.563. The topological polar surface area (TPSA) is 60.2 Å². The van der Waals surface area contributed by atoms with E-state index in [4.69, 9.17) is 4.42 Å². The molecule has 0 aliphatic carbocycles. The predicted molar refractivity (Wildman–Crippen MR) is 99.2 cm³/mol. The first-order valence-electron chi connectivity index (χ1n) is 7.54. The second kappa shape index (κ2) is 6.50. The van der Waals surface area contributed by atoms with Crippen molar-refractivity contribution < 1.29 is 12.8 Å². The maximum atomic E-state index is 11.6. The summed E-state index contributed by atoms with van der Waals surface area (Å²) < 4.78 is 29.1. The molecule has 3 rings (SSSR count). The van der Waals surface area contributed by atoms with E-state index in [2.05, 4.69) is 14.2 Å². The SMILES string of the molecule is CCc1nc(-c2ccc(P)cc2)c(-c2ccc(S(C)(=O)=O)cc2)o1. The lowest BCUT2D eigenvalue weighted by Gasteiger charge is -2.04. The van der Waals surface area contributed by atoms with Gasteiger partial charge in [0.25, 0.3) is 0 Å². The molecule has 0 bridgehead atoms. The molecule has 1 aromatic heterocycles. The summed E-state index contributed by atoms with van der Waals surface area (Å²) in [5.74, 6) is 1.31. The molecule has 0 aliphatic rings. The van der Waals surface area contributed by atoms with Gasteiger partial charge in [-0.15, -0.1) is 9.24 Å². The number of aryl methyl sites for hydroxylation is 1. The molecule has 4 nitrogen and oxygen atoms in total. The van der Waals surface area contributed by atoms with Gasteiger partial charge < -0.3 is 4.42 Å². The van der Waals surface area contributed by atoms with Crippen LogP contribution in [0.3, 0.4) is 0 Å². The van der Waals surface area contributed by atoms with Crippen LogP contribution in [0.25, 0.3) is 22.6 Å². The Kier molecular flexibility index (Phi) is 4.57. The Morgan fingerprint density at radius 1 is 1.00 bits per heavy atom. The first-order chi connectivity index (χ1) is 11.4. The molecule has 24 heavy (non-hydrogen) atoms. The van der Waals surface area contributed by atoms with Gasteiger partial charge in [-0.25, -0.2) is 13.4 Å². The van der Waals surface area contributed by atoms with E-state index in [0.29, 0.717) is 18.1 Å². The van der Waals surface area contributed by atoms with E-state index in [1.807, 2.05) is 31.2 Å². The van der Waals surface area contributed by atoms with Crippen LogP contribution in [0.15, 0.2) is 57.8 Å². The van der Waals surface area contributed by atoms with Gasteiger partial charge in [-0.2, -0.15) is 0 Å². The second-order valence-corrected chi connectivity index (χ2v) is 8.24. The van der Waals surface area contributed by atoms with E-state index in [1.54, 1.807) is 24.3 Å². The summed E-state index contributed by atoms with van der Waals surface area (Å²) >= 11 is 0. The van der Waals surface area contributed by atoms with Gasteiger partial charge in [-0.1, -0.05) is 31.2 Å². The Labute approximate surface area is 144 Å². The number of nitrogens with zero attached hydrogens (tertiary/aromatic N) is 1. The highest BCUT2D eigenvalue weighted by Gasteiger charge is 2.17. The number of aromatic nitrogens is 1. The summed E-state index contributed by atoms with van der Waals surface area (Å²) in [6.45, 7) is 1.98. The molecule has 1 atom stereocenters. The third kappa shape index (κ3) is 3.42. The molecule has 0 saturated heterocycles. The number of hydrogen-bond donors (Lipinski definition) is 0. The Bertz CT molecular complexity index is 959. The van der Waals surface area contributed by atoms with E-state index in [-0.39, 0.29) is 4.90 Å². The van der Waals surface area contributed by atoms with Crippen molar-refractivity contribution >= 4 is 24.4 Å². The lowest BCUT2D eigenvalue weighted by molar-refractivity contribution is 0.514. The molecule has 0 spiro atoms. The number of sulfone groups is 1. The number of oxazole rings is 1. The maximum Gasteiger partial charge on any atom is 0.195 e. The maximum absolute atomic E-state index is 11.6. The van der Waals surface area contributed by atoms with Crippen molar-refractivity contribution in [2.45, 2.75) is 18.2 Å². The van der Waals surface area contributed by atoms with Gasteiger partial charge in [0.1, 0.15) is 5.69 Å². The molecule has 124 valence electrons. The van der Waals surface area contributed by atoms with E-state index in [9.17, 15) is 8.42 Å². The lowest BCUT2D eigenvalue weighted by Crippen LogP contribution is -1.96. The van der Waals surface area contributed by atoms with Crippen molar-refractivity contribution in [3.8, 4) is 22.6 Å². The molecular weight excluding hydrogens is 341 g/mol. The molecule has 1 unspecified atom stereocenters. The molecule has 0 N–H and O–H groups in total. The van der Waals surface area contributed by atoms with Gasteiger partial charge in [0.05, 0.1) is 4.90 Å². The molecular formula is C18H18NO3PS. The van der Waals surface area contributed by atoms with Gasteiger partial charge in [0.15, 0.2) is 21.5 Å². The molecule has 2 aromatic carbocycles. The van der Waals surface area contributed by atoms with Gasteiger partial charge >= 0.3 is 0 Å². The zero-order valence-corrected chi connectivity index (χ0v) is 15.5. The lowest BCUT2D eigenvalue weighted by atomic mass is 10.1. The number of rotatable bonds is 4. The molecule has 0 radical (unpaired) electrons. The fraction of sp³-hybridized carbons (Fsp3) is 0.167. The number of hydrogen-bond acceptors (Lipinski definition) is 4. The quantitative estimate of drug-likeness (QED) is 0.669. The zero-order valence-electron chi connectivity index (χ0n) is 13.5. The Morgan fingerprint density at radius 3 is 2.12 bits per heavy atom. The van der Waals surface area contributed by atoms with Gasteiger partial charge in [-0.05, 0) is 29.6 Å². The minimum Gasteiger partial charge on any atom is -0.440 e. The van der Waals surface area contributed by atoms with Crippen molar-refractivity contribution in [3.63, 3.8) is 0 Å². The van der Waals surface area contributed by atoms with Crippen molar-refractivity contribution in [3.05, 3.63) is 54.4 Å². The Hall–Kier alpha value is -1.97. The summed E-state index contributed by atoms with van der Waals surface area (Å²) in [5, 5.41) is 1.09. The minimum absolute atomic E-state index is 0.287. The van der Waals surface area contributed by atoms with Crippen molar-refractivity contribution in [2.24, 2.45) is 0 Å². The third-order valence-electron chi connectivity index (χ3n) is 3.70. The van der Waals surface area contributed by atoms with Crippen LogP contribution in [0, 0.1) is 0 Å². The van der Waals surface area contributed by atoms with E-state index < -0.39 is 9.84 Å². The zero-order chi connectivity index (χ0) is 17.3. The van der Waals surface area contributed by atoms with Crippen molar-refractivity contribution in [2.75, 3.05) is 6.26 Å². The van der Waals surface area contributed by atoms with Crippen molar-refractivity contribution in [1.29, 1.82) is 0 Å². The highest BCUT2D eigenvalue weighted by Crippen LogP contribution is 2.33. The van der Waals surface area contributed by atoms with Crippen LogP contribution in [-0.2, 0) is 16.3 Å². The van der Waals surface area contributed by atoms with E-state index in [0.717, 1.165) is 22.1 Å². The first kappa shape index (κ1) is 16.9. The molecule has 0 saturated carbocycles. The monoisotopic (exact) mass is 359 g/mol. The van der Waals surface area contributed by atoms with Crippen LogP contribution >= 0.6 is 9.24 Å². The second-order valence-electron chi connectivity index (χ2n) is 5.56. The van der Waals surface area contributed by atoms with Crippen LogP contribution in [0.5, 0.6) is 0 Å². The molecule has 6 heteroatoms. The van der Waals surface area contributed by atoms with Gasteiger partial charge in [-0.3, -0.25) is 0 Å². The molecule has 0 aliphatic heterocycles. The fourth-order valence-corrected chi connectivity index (χ4v) is 3.22. The van der Waals surface area contributed by atoms with Crippen LogP contribution in [0.1, 0.15) is 12.8 Å². The highest BCUT2D eigenvalue weighted by atomic mass is 32.2. The van der Waals surface area contributed by atoms with Gasteiger partial charge in [0, 0.05) is 23.8 Å². The Balaban J connectivity index is 2.10. The minimum atomic E-state index is -3.22.